The predicted molar refractivity (Wildman–Crippen MR) is 87.8 cm³/mol. The van der Waals surface area contributed by atoms with Crippen molar-refractivity contribution in [3.8, 4) is 0 Å². The summed E-state index contributed by atoms with van der Waals surface area (Å²) in [5.41, 5.74) is 1.77. The lowest BCUT2D eigenvalue weighted by molar-refractivity contribution is 0.0939. The highest BCUT2D eigenvalue weighted by molar-refractivity contribution is 5.93. The maximum absolute atomic E-state index is 12.1. The second kappa shape index (κ2) is 7.35. The van der Waals surface area contributed by atoms with Gasteiger partial charge in [-0.15, -0.1) is 0 Å². The Morgan fingerprint density at radius 2 is 2.09 bits per heavy atom. The lowest BCUT2D eigenvalue weighted by Gasteiger charge is -2.24. The number of nitrogens with one attached hydrogen (secondary N) is 1. The van der Waals surface area contributed by atoms with Gasteiger partial charge in [-0.1, -0.05) is 30.3 Å². The van der Waals surface area contributed by atoms with Crippen LogP contribution in [0, 0.1) is 0 Å². The van der Waals surface area contributed by atoms with Crippen LogP contribution in [0.5, 0.6) is 0 Å². The summed E-state index contributed by atoms with van der Waals surface area (Å²) in [6.45, 7) is 1.95. The molecule has 2 atom stereocenters. The van der Waals surface area contributed by atoms with Crippen molar-refractivity contribution in [3.63, 3.8) is 0 Å². The van der Waals surface area contributed by atoms with Gasteiger partial charge in [-0.3, -0.25) is 14.7 Å². The standard InChI is InChI=1S/C18H21N3O2/c22-17-9-16(11-20-18(23)15-7-4-8-19-10-15)21(13-17)12-14-5-2-1-3-6-14/h1-8,10,16-17,22H,9,11-13H2,(H,20,23). The van der Waals surface area contributed by atoms with E-state index in [9.17, 15) is 9.90 Å². The number of aliphatic hydroxyl groups is 1. The average Bonchev–Trinajstić information content (AvgIpc) is 2.94. The number of aromatic nitrogens is 1. The summed E-state index contributed by atoms with van der Waals surface area (Å²) in [5, 5.41) is 12.9. The SMILES string of the molecule is O=C(NCC1CC(O)CN1Cc1ccccc1)c1cccnc1. The van der Waals surface area contributed by atoms with Crippen molar-refractivity contribution >= 4 is 5.91 Å². The highest BCUT2D eigenvalue weighted by Gasteiger charge is 2.30. The molecule has 1 aliphatic heterocycles. The number of amides is 1. The third-order valence-corrected chi connectivity index (χ3v) is 4.16. The average molecular weight is 311 g/mol. The molecule has 1 aromatic carbocycles. The molecule has 0 spiro atoms. The van der Waals surface area contributed by atoms with Crippen LogP contribution in [0.1, 0.15) is 22.3 Å². The molecule has 1 amide bonds. The number of hydrogen-bond donors (Lipinski definition) is 2. The fourth-order valence-corrected chi connectivity index (χ4v) is 2.99. The van der Waals surface area contributed by atoms with E-state index in [4.69, 9.17) is 0 Å². The maximum Gasteiger partial charge on any atom is 0.252 e. The Morgan fingerprint density at radius 1 is 1.26 bits per heavy atom. The van der Waals surface area contributed by atoms with Crippen LogP contribution in [0.3, 0.4) is 0 Å². The van der Waals surface area contributed by atoms with Gasteiger partial charge in [-0.05, 0) is 24.1 Å². The first-order valence-electron chi connectivity index (χ1n) is 7.86. The number of aliphatic hydroxyl groups excluding tert-OH is 1. The number of carbonyl (C=O) groups excluding carboxylic acids is 1. The van der Waals surface area contributed by atoms with Crippen LogP contribution in [-0.4, -0.2) is 46.1 Å². The Hall–Kier alpha value is -2.24. The van der Waals surface area contributed by atoms with Gasteiger partial charge in [-0.2, -0.15) is 0 Å². The highest BCUT2D eigenvalue weighted by atomic mass is 16.3. The molecule has 1 aromatic heterocycles. The van der Waals surface area contributed by atoms with Gasteiger partial charge in [0.25, 0.3) is 5.91 Å². The van der Waals surface area contributed by atoms with Gasteiger partial charge in [0, 0.05) is 38.1 Å². The van der Waals surface area contributed by atoms with Crippen molar-refractivity contribution in [2.45, 2.75) is 25.1 Å². The van der Waals surface area contributed by atoms with E-state index in [0.29, 0.717) is 25.1 Å². The van der Waals surface area contributed by atoms with E-state index in [1.54, 1.807) is 24.5 Å². The van der Waals surface area contributed by atoms with Gasteiger partial charge in [-0.25, -0.2) is 0 Å². The van der Waals surface area contributed by atoms with Gasteiger partial charge in [0.05, 0.1) is 11.7 Å². The van der Waals surface area contributed by atoms with Gasteiger partial charge in [0.2, 0.25) is 0 Å². The molecule has 0 radical (unpaired) electrons. The number of β-amino-alcohol motifs (C(OH)–C–C–N with tert-alkyl or cyclic N) is 1. The van der Waals surface area contributed by atoms with Crippen LogP contribution in [0.2, 0.25) is 0 Å². The Balaban J connectivity index is 1.58. The fraction of sp³-hybridized carbons (Fsp3) is 0.333. The molecule has 0 aliphatic carbocycles. The molecule has 1 aliphatic rings. The molecule has 0 saturated carbocycles. The van der Waals surface area contributed by atoms with E-state index >= 15 is 0 Å². The van der Waals surface area contributed by atoms with Gasteiger partial charge < -0.3 is 10.4 Å². The molecule has 120 valence electrons. The first-order chi connectivity index (χ1) is 11.2. The summed E-state index contributed by atoms with van der Waals surface area (Å²) in [5.74, 6) is -0.126. The molecule has 2 unspecified atom stereocenters. The molecular weight excluding hydrogens is 290 g/mol. The molecule has 2 heterocycles. The second-order valence-corrected chi connectivity index (χ2v) is 5.91. The lowest BCUT2D eigenvalue weighted by Crippen LogP contribution is -2.39. The first kappa shape index (κ1) is 15.6. The van der Waals surface area contributed by atoms with Crippen LogP contribution in [-0.2, 0) is 6.54 Å². The zero-order chi connectivity index (χ0) is 16.1. The number of benzene rings is 1. The molecular formula is C18H21N3O2. The Labute approximate surface area is 136 Å². The third-order valence-electron chi connectivity index (χ3n) is 4.16. The topological polar surface area (TPSA) is 65.5 Å². The van der Waals surface area contributed by atoms with E-state index in [2.05, 4.69) is 27.3 Å². The second-order valence-electron chi connectivity index (χ2n) is 5.91. The smallest absolute Gasteiger partial charge is 0.252 e. The molecule has 5 nitrogen and oxygen atoms in total. The van der Waals surface area contributed by atoms with Crippen LogP contribution in [0.15, 0.2) is 54.9 Å². The molecule has 0 bridgehead atoms. The van der Waals surface area contributed by atoms with Crippen molar-refractivity contribution in [3.05, 3.63) is 66.0 Å². The van der Waals surface area contributed by atoms with E-state index in [-0.39, 0.29) is 18.1 Å². The van der Waals surface area contributed by atoms with Crippen LogP contribution < -0.4 is 5.32 Å². The van der Waals surface area contributed by atoms with Crippen molar-refractivity contribution in [1.82, 2.24) is 15.2 Å². The minimum absolute atomic E-state index is 0.126. The summed E-state index contributed by atoms with van der Waals surface area (Å²) in [7, 11) is 0. The summed E-state index contributed by atoms with van der Waals surface area (Å²) < 4.78 is 0. The number of hydrogen-bond acceptors (Lipinski definition) is 4. The molecule has 2 aromatic rings. The Bertz CT molecular complexity index is 633. The largest absolute Gasteiger partial charge is 0.392 e. The summed E-state index contributed by atoms with van der Waals surface area (Å²) in [4.78, 5) is 18.3. The third kappa shape index (κ3) is 4.15. The van der Waals surface area contributed by atoms with Crippen molar-refractivity contribution in [2.24, 2.45) is 0 Å². The Kier molecular flexibility index (Phi) is 5.00. The van der Waals surface area contributed by atoms with E-state index < -0.39 is 0 Å². The number of nitrogens with zero attached hydrogens (tertiary/aromatic N) is 2. The van der Waals surface area contributed by atoms with Gasteiger partial charge in [0.15, 0.2) is 0 Å². The lowest BCUT2D eigenvalue weighted by atomic mass is 10.1. The zero-order valence-electron chi connectivity index (χ0n) is 12.9. The number of likely N-dealkylation sites (tertiary alicyclic amines) is 1. The summed E-state index contributed by atoms with van der Waals surface area (Å²) in [6.07, 6.45) is 3.55. The number of rotatable bonds is 5. The predicted octanol–water partition coefficient (Wildman–Crippen LogP) is 1.45. The molecule has 2 N–H and O–H groups in total. The van der Waals surface area contributed by atoms with Gasteiger partial charge >= 0.3 is 0 Å². The fourth-order valence-electron chi connectivity index (χ4n) is 2.99. The first-order valence-corrected chi connectivity index (χ1v) is 7.86. The highest BCUT2D eigenvalue weighted by Crippen LogP contribution is 2.20. The Morgan fingerprint density at radius 3 is 2.83 bits per heavy atom. The molecule has 3 rings (SSSR count). The number of carbonyl (C=O) groups is 1. The zero-order valence-corrected chi connectivity index (χ0v) is 12.9. The minimum Gasteiger partial charge on any atom is -0.392 e. The monoisotopic (exact) mass is 311 g/mol. The van der Waals surface area contributed by atoms with E-state index in [1.165, 1.54) is 5.56 Å². The van der Waals surface area contributed by atoms with Crippen LogP contribution >= 0.6 is 0 Å². The van der Waals surface area contributed by atoms with E-state index in [1.807, 2.05) is 18.2 Å². The molecule has 5 heteroatoms. The van der Waals surface area contributed by atoms with Gasteiger partial charge in [0.1, 0.15) is 0 Å². The molecule has 23 heavy (non-hydrogen) atoms. The van der Waals surface area contributed by atoms with Crippen LogP contribution in [0.4, 0.5) is 0 Å². The summed E-state index contributed by atoms with van der Waals surface area (Å²) >= 11 is 0. The quantitative estimate of drug-likeness (QED) is 0.877. The number of pyridine rings is 1. The summed E-state index contributed by atoms with van der Waals surface area (Å²) in [6, 6.07) is 13.8. The molecule has 1 saturated heterocycles. The molecule has 1 fully saturated rings. The van der Waals surface area contributed by atoms with E-state index in [0.717, 1.165) is 6.54 Å². The normalized spacial score (nSPS) is 21.3. The maximum atomic E-state index is 12.1. The van der Waals surface area contributed by atoms with Crippen molar-refractivity contribution < 1.29 is 9.90 Å². The van der Waals surface area contributed by atoms with Crippen LogP contribution in [0.25, 0.3) is 0 Å². The van der Waals surface area contributed by atoms with Crippen molar-refractivity contribution in [2.75, 3.05) is 13.1 Å². The minimum atomic E-state index is -0.334. The van der Waals surface area contributed by atoms with Crippen molar-refractivity contribution in [1.29, 1.82) is 0 Å².